The lowest BCUT2D eigenvalue weighted by atomic mass is 9.95. The molecule has 8 heteroatoms. The van der Waals surface area contributed by atoms with Crippen molar-refractivity contribution < 1.29 is 18.0 Å². The van der Waals surface area contributed by atoms with Crippen molar-refractivity contribution in [2.24, 2.45) is 11.8 Å². The molecule has 2 aliphatic rings. The Balaban J connectivity index is 1.43. The maximum atomic E-state index is 13.4. The molecule has 0 aliphatic heterocycles. The van der Waals surface area contributed by atoms with Gasteiger partial charge in [0.05, 0.1) is 6.04 Å². The Morgan fingerprint density at radius 3 is 2.07 bits per heavy atom. The van der Waals surface area contributed by atoms with E-state index in [4.69, 9.17) is 5.41 Å². The van der Waals surface area contributed by atoms with E-state index in [1.165, 1.54) is 31.2 Å². The van der Waals surface area contributed by atoms with E-state index in [1.54, 1.807) is 24.3 Å². The molecular weight excluding hydrogens is 537 g/mol. The lowest BCUT2D eigenvalue weighted by Gasteiger charge is -2.33. The quantitative estimate of drug-likeness (QED) is 0.143. The van der Waals surface area contributed by atoms with Crippen molar-refractivity contribution >= 4 is 23.0 Å². The molecule has 0 heterocycles. The minimum atomic E-state index is -4.88. The van der Waals surface area contributed by atoms with E-state index in [2.05, 4.69) is 27.7 Å². The van der Waals surface area contributed by atoms with Crippen molar-refractivity contribution in [3.05, 3.63) is 107 Å². The number of nitrogens with zero attached hydrogens (tertiary/aromatic N) is 1. The van der Waals surface area contributed by atoms with Crippen LogP contribution in [0.2, 0.25) is 0 Å². The number of halogens is 3. The third-order valence-corrected chi connectivity index (χ3v) is 7.77. The second-order valence-electron chi connectivity index (χ2n) is 11.4. The first kappa shape index (κ1) is 29.6. The largest absolute Gasteiger partial charge is 0.432 e. The molecule has 1 unspecified atom stereocenters. The Bertz CT molecular complexity index is 1410. The molecule has 2 saturated carbocycles. The fraction of sp³-hybridized carbons (Fsp3) is 0.353. The van der Waals surface area contributed by atoms with Crippen LogP contribution in [0.1, 0.15) is 55.3 Å². The number of aryl methyl sites for hydroxylation is 1. The number of allylic oxidation sites excluding steroid dienone is 1. The van der Waals surface area contributed by atoms with E-state index in [0.717, 1.165) is 30.6 Å². The fourth-order valence-electron chi connectivity index (χ4n) is 5.19. The molecule has 2 fully saturated rings. The van der Waals surface area contributed by atoms with Gasteiger partial charge in [0.1, 0.15) is 11.4 Å². The lowest BCUT2D eigenvalue weighted by Crippen LogP contribution is -2.33. The number of amides is 1. The molecule has 3 N–H and O–H groups in total. The monoisotopic (exact) mass is 574 g/mol. The summed E-state index contributed by atoms with van der Waals surface area (Å²) < 4.78 is 39.9. The van der Waals surface area contributed by atoms with Gasteiger partial charge in [0, 0.05) is 24.5 Å². The zero-order valence-corrected chi connectivity index (χ0v) is 23.8. The molecule has 1 atom stereocenters. The van der Waals surface area contributed by atoms with Crippen LogP contribution in [0.5, 0.6) is 0 Å². The Kier molecular flexibility index (Phi) is 9.12. The second kappa shape index (κ2) is 12.9. The van der Waals surface area contributed by atoms with E-state index in [9.17, 15) is 18.0 Å². The van der Waals surface area contributed by atoms with Crippen molar-refractivity contribution in [1.82, 2.24) is 4.90 Å². The summed E-state index contributed by atoms with van der Waals surface area (Å²) in [5, 5.41) is 13.1. The Labute approximate surface area is 245 Å². The van der Waals surface area contributed by atoms with Crippen molar-refractivity contribution in [2.45, 2.75) is 51.2 Å². The molecule has 0 aromatic heterocycles. The zero-order valence-electron chi connectivity index (χ0n) is 23.8. The van der Waals surface area contributed by atoms with Crippen molar-refractivity contribution in [2.75, 3.05) is 23.7 Å². The molecule has 3 aromatic carbocycles. The fourth-order valence-corrected chi connectivity index (χ4v) is 5.19. The zero-order chi connectivity index (χ0) is 29.7. The first-order chi connectivity index (χ1) is 20.2. The summed E-state index contributed by atoms with van der Waals surface area (Å²) in [7, 11) is 0. The van der Waals surface area contributed by atoms with Crippen LogP contribution in [0, 0.1) is 17.2 Å². The van der Waals surface area contributed by atoms with Crippen LogP contribution in [0.25, 0.3) is 0 Å². The first-order valence-corrected chi connectivity index (χ1v) is 14.6. The molecule has 0 saturated heterocycles. The Hall–Kier alpha value is -3.91. The third kappa shape index (κ3) is 8.10. The summed E-state index contributed by atoms with van der Waals surface area (Å²) in [6.07, 6.45) is 1.37. The summed E-state index contributed by atoms with van der Waals surface area (Å²) >= 11 is 0. The number of benzene rings is 3. The summed E-state index contributed by atoms with van der Waals surface area (Å²) in [4.78, 5) is 16.0. The number of rotatable bonds is 13. The van der Waals surface area contributed by atoms with Crippen LogP contribution in [-0.4, -0.2) is 35.8 Å². The number of alkyl halides is 3. The molecular formula is C34H37F3N4O. The van der Waals surface area contributed by atoms with Gasteiger partial charge in [-0.15, -0.1) is 0 Å². The normalized spacial score (nSPS) is 16.3. The SMILES string of the molecule is CCc1cccc(N/C(=C\C(=N)C(F)(F)F)C(=O)Nc2cccc(C(c3ccccc3)N(CC3CC3)CC3CC3)c2)c1. The average molecular weight is 575 g/mol. The van der Waals surface area contributed by atoms with Gasteiger partial charge in [0.15, 0.2) is 0 Å². The highest BCUT2D eigenvalue weighted by Crippen LogP contribution is 2.40. The predicted molar refractivity (Wildman–Crippen MR) is 162 cm³/mol. The molecule has 42 heavy (non-hydrogen) atoms. The minimum absolute atomic E-state index is 0.00687. The van der Waals surface area contributed by atoms with Crippen LogP contribution in [0.15, 0.2) is 90.6 Å². The van der Waals surface area contributed by atoms with Gasteiger partial charge in [-0.1, -0.05) is 61.5 Å². The highest BCUT2D eigenvalue weighted by molar-refractivity contribution is 6.11. The second-order valence-corrected chi connectivity index (χ2v) is 11.4. The van der Waals surface area contributed by atoms with Gasteiger partial charge >= 0.3 is 6.18 Å². The van der Waals surface area contributed by atoms with Crippen LogP contribution in [0.4, 0.5) is 24.5 Å². The van der Waals surface area contributed by atoms with Crippen LogP contribution >= 0.6 is 0 Å². The smallest absolute Gasteiger partial charge is 0.351 e. The summed E-state index contributed by atoms with van der Waals surface area (Å²) in [5.41, 5.74) is 2.12. The minimum Gasteiger partial charge on any atom is -0.351 e. The number of carbonyl (C=O) groups is 1. The molecule has 5 nitrogen and oxygen atoms in total. The van der Waals surface area contributed by atoms with Crippen LogP contribution in [0.3, 0.4) is 0 Å². The Morgan fingerprint density at radius 2 is 1.48 bits per heavy atom. The van der Waals surface area contributed by atoms with E-state index >= 15 is 0 Å². The predicted octanol–water partition coefficient (Wildman–Crippen LogP) is 7.98. The summed E-state index contributed by atoms with van der Waals surface area (Å²) in [5.74, 6) is 0.644. The first-order valence-electron chi connectivity index (χ1n) is 14.6. The van der Waals surface area contributed by atoms with E-state index in [1.807, 2.05) is 49.4 Å². The van der Waals surface area contributed by atoms with Gasteiger partial charge < -0.3 is 10.6 Å². The topological polar surface area (TPSA) is 68.2 Å². The number of anilines is 2. The van der Waals surface area contributed by atoms with Crippen molar-refractivity contribution in [3.63, 3.8) is 0 Å². The van der Waals surface area contributed by atoms with Gasteiger partial charge in [-0.05, 0) is 91.0 Å². The van der Waals surface area contributed by atoms with Crippen molar-refractivity contribution in [1.29, 1.82) is 5.41 Å². The highest BCUT2D eigenvalue weighted by atomic mass is 19.4. The summed E-state index contributed by atoms with van der Waals surface area (Å²) in [6.45, 7) is 3.99. The number of hydrogen-bond donors (Lipinski definition) is 3. The summed E-state index contributed by atoms with van der Waals surface area (Å²) in [6, 6.07) is 25.0. The molecule has 1 amide bonds. The highest BCUT2D eigenvalue weighted by Gasteiger charge is 2.35. The number of nitrogens with one attached hydrogen (secondary N) is 3. The lowest BCUT2D eigenvalue weighted by molar-refractivity contribution is -0.112. The average Bonchev–Trinajstić information content (AvgIpc) is 3.91. The van der Waals surface area contributed by atoms with E-state index < -0.39 is 17.8 Å². The molecule has 220 valence electrons. The molecule has 3 aromatic rings. The molecule has 0 radical (unpaired) electrons. The van der Waals surface area contributed by atoms with Gasteiger partial charge in [0.2, 0.25) is 0 Å². The van der Waals surface area contributed by atoms with E-state index in [-0.39, 0.29) is 11.7 Å². The van der Waals surface area contributed by atoms with Crippen LogP contribution in [-0.2, 0) is 11.2 Å². The molecule has 2 aliphatic carbocycles. The van der Waals surface area contributed by atoms with Gasteiger partial charge in [-0.2, -0.15) is 13.2 Å². The maximum Gasteiger partial charge on any atom is 0.432 e. The van der Waals surface area contributed by atoms with Crippen molar-refractivity contribution in [3.8, 4) is 0 Å². The molecule has 5 rings (SSSR count). The van der Waals surface area contributed by atoms with Crippen LogP contribution < -0.4 is 10.6 Å². The van der Waals surface area contributed by atoms with Gasteiger partial charge in [0.25, 0.3) is 5.91 Å². The van der Waals surface area contributed by atoms with E-state index in [0.29, 0.717) is 29.3 Å². The number of carbonyl (C=O) groups excluding carboxylic acids is 1. The Morgan fingerprint density at radius 1 is 0.881 bits per heavy atom. The van der Waals surface area contributed by atoms with Gasteiger partial charge in [-0.25, -0.2) is 0 Å². The number of hydrogen-bond acceptors (Lipinski definition) is 4. The maximum absolute atomic E-state index is 13.4. The standard InChI is InChI=1S/C34H37F3N4O/c1-2-23-8-6-12-28(18-23)39-30(20-31(38)34(35,36)37)33(42)40-29-13-7-11-27(19-29)32(26-9-4-3-5-10-26)41(21-24-14-15-24)22-25-16-17-25/h3-13,18-20,24-25,32,38-39H,2,14-17,21-22H2,1H3,(H,40,42)/b30-20-,38-31?. The third-order valence-electron chi connectivity index (χ3n) is 7.77. The molecule has 0 bridgehead atoms. The molecule has 0 spiro atoms. The van der Waals surface area contributed by atoms with Gasteiger partial charge in [-0.3, -0.25) is 15.1 Å².